The lowest BCUT2D eigenvalue weighted by Crippen LogP contribution is -2.66. The average molecular weight is 1340 g/mol. The molecule has 522 valence electrons. The predicted octanol–water partition coefficient (Wildman–Crippen LogP) is -8.84. The quantitative estimate of drug-likeness (QED) is 0.00606. The van der Waals surface area contributed by atoms with Crippen molar-refractivity contribution in [2.24, 2.45) is 16.5 Å². The first-order chi connectivity index (χ1) is 44.5. The minimum Gasteiger partial charge on any atom is -0.504 e. The molecule has 4 rings (SSSR count). The number of amides is 12. The highest BCUT2D eigenvalue weighted by atomic mass is 16.5. The maximum absolute atomic E-state index is 14.4. The SMILES string of the molecule is CC(O)C1NC(=O)C(CCCN(O)C=O)NC(=O)C(NC(=O)C(CCCN(O)C=O)NC(=O)C(CO)NC(=O)C(CCCN=C(N)N)NC(=O)C(CO)NC(=O)C2CCNC3C(NC(=O)CCC(=O)O)=Cc4cc(O)c(O)cc4N23)CCCCNC(=O)C(C(C)O)NC1=O. The number of aliphatic imine (C=N–C) groups is 1. The minimum absolute atomic E-state index is 0.0108. The van der Waals surface area contributed by atoms with Crippen LogP contribution in [0.2, 0.25) is 0 Å². The Bertz CT molecular complexity index is 2930. The molecule has 39 heteroatoms. The molecule has 94 heavy (non-hydrogen) atoms. The maximum atomic E-state index is 14.4. The van der Waals surface area contributed by atoms with Crippen LogP contribution in [-0.2, 0) is 62.3 Å². The van der Waals surface area contributed by atoms with E-state index < -0.39 is 188 Å². The van der Waals surface area contributed by atoms with Crippen LogP contribution < -0.4 is 74.9 Å². The smallest absolute Gasteiger partial charge is 0.303 e. The Morgan fingerprint density at radius 2 is 1.27 bits per heavy atom. The van der Waals surface area contributed by atoms with Gasteiger partial charge < -0.3 is 105 Å². The molecule has 0 spiro atoms. The molecule has 39 nitrogen and oxygen atoms in total. The summed E-state index contributed by atoms with van der Waals surface area (Å²) in [4.78, 5) is 178. The highest BCUT2D eigenvalue weighted by molar-refractivity contribution is 5.99. The zero-order valence-corrected chi connectivity index (χ0v) is 51.5. The van der Waals surface area contributed by atoms with Gasteiger partial charge in [0.2, 0.25) is 71.9 Å². The number of hydrogen-bond donors (Lipinski definition) is 22. The van der Waals surface area contributed by atoms with E-state index in [1.807, 2.05) is 0 Å². The molecular formula is C55H85N17O22. The monoisotopic (exact) mass is 1340 g/mol. The molecule has 24 N–H and O–H groups in total. The van der Waals surface area contributed by atoms with Crippen LogP contribution in [0.3, 0.4) is 0 Å². The zero-order valence-electron chi connectivity index (χ0n) is 51.5. The van der Waals surface area contributed by atoms with Crippen molar-refractivity contribution in [3.8, 4) is 11.5 Å². The van der Waals surface area contributed by atoms with E-state index in [4.69, 9.17) is 16.6 Å². The molecular weight excluding hydrogens is 1250 g/mol. The normalized spacial score (nSPS) is 21.2. The Hall–Kier alpha value is -9.54. The molecule has 12 amide bonds. The Morgan fingerprint density at radius 1 is 0.702 bits per heavy atom. The van der Waals surface area contributed by atoms with E-state index in [0.29, 0.717) is 0 Å². The van der Waals surface area contributed by atoms with Crippen LogP contribution in [0.5, 0.6) is 11.5 Å². The minimum atomic E-state index is -1.96. The van der Waals surface area contributed by atoms with Gasteiger partial charge in [0.05, 0.1) is 43.2 Å². The van der Waals surface area contributed by atoms with Gasteiger partial charge >= 0.3 is 5.97 Å². The Balaban J connectivity index is 1.61. The standard InChI is InChI=1S/C55H85N17O22/c1-27(77)43-53(91)59-15-4-3-8-30(46(84)63-33(11-7-19-71(94)26-76)49(87)68-44(28(2)78)54(92)69-43)62-47(85)32(10-6-18-70(93)25-75)65-50(88)35(23-73)66-48(86)31(9-5-16-60-55(56)57)64-51(89)36(24-74)67-52(90)37-14-17-58-45-34(61-41(81)12-13-42(82)83)20-29-21-39(79)40(80)22-38(29)72(37)45/h20-22,25-28,30-33,35-37,43-45,58,73-74,77-80,93-94H,3-19,23-24H2,1-2H3,(H,59,91)(H,61,81)(H,62,85)(H,63,84)(H,64,89)(H,65,88)(H,66,86)(H,67,90)(H,68,87)(H,69,92)(H,82,83)(H4,56,57,60). The van der Waals surface area contributed by atoms with E-state index in [2.05, 4.69) is 63.5 Å². The molecule has 12 unspecified atom stereocenters. The number of rotatable bonds is 32. The van der Waals surface area contributed by atoms with Crippen LogP contribution in [0.4, 0.5) is 5.69 Å². The number of benzene rings is 1. The fourth-order valence-electron chi connectivity index (χ4n) is 10.0. The Morgan fingerprint density at radius 3 is 1.87 bits per heavy atom. The number of carbonyl (C=O) groups excluding carboxylic acids is 12. The number of nitrogens with two attached hydrogens (primary N) is 2. The molecule has 0 radical (unpaired) electrons. The summed E-state index contributed by atoms with van der Waals surface area (Å²) in [6.07, 6.45) is -5.32. The molecule has 3 aliphatic rings. The van der Waals surface area contributed by atoms with E-state index in [0.717, 1.165) is 19.1 Å². The summed E-state index contributed by atoms with van der Waals surface area (Å²) in [5.74, 6) is -13.3. The first-order valence-corrected chi connectivity index (χ1v) is 30.0. The van der Waals surface area contributed by atoms with Crippen LogP contribution >= 0.6 is 0 Å². The van der Waals surface area contributed by atoms with Gasteiger partial charge in [0.1, 0.15) is 60.5 Å². The van der Waals surface area contributed by atoms with E-state index in [-0.39, 0.29) is 130 Å². The number of aliphatic hydroxyl groups excluding tert-OH is 4. The number of carbonyl (C=O) groups is 13. The van der Waals surface area contributed by atoms with Gasteiger partial charge in [-0.1, -0.05) is 0 Å². The third-order valence-corrected chi connectivity index (χ3v) is 15.0. The van der Waals surface area contributed by atoms with Gasteiger partial charge in [0.15, 0.2) is 17.5 Å². The van der Waals surface area contributed by atoms with Crippen LogP contribution in [0.25, 0.3) is 6.08 Å². The van der Waals surface area contributed by atoms with Gasteiger partial charge in [-0.2, -0.15) is 0 Å². The van der Waals surface area contributed by atoms with Gasteiger partial charge in [-0.3, -0.25) is 83.1 Å². The summed E-state index contributed by atoms with van der Waals surface area (Å²) in [7, 11) is 0. The number of aliphatic carboxylic acids is 1. The number of nitrogens with one attached hydrogen (secondary N) is 11. The third kappa shape index (κ3) is 23.5. The lowest BCUT2D eigenvalue weighted by Gasteiger charge is -2.47. The second-order valence-corrected chi connectivity index (χ2v) is 22.3. The Labute approximate surface area is 537 Å². The number of anilines is 1. The highest BCUT2D eigenvalue weighted by Gasteiger charge is 2.43. The number of carboxylic acid groups (broad SMARTS) is 1. The van der Waals surface area contributed by atoms with Gasteiger partial charge in [-0.05, 0) is 96.7 Å². The summed E-state index contributed by atoms with van der Waals surface area (Å²) < 4.78 is 0. The number of aromatic hydroxyl groups is 2. The van der Waals surface area contributed by atoms with E-state index >= 15 is 0 Å². The first-order valence-electron chi connectivity index (χ1n) is 30.0. The number of phenolic OH excluding ortho intramolecular Hbond substituents is 2. The summed E-state index contributed by atoms with van der Waals surface area (Å²) >= 11 is 0. The summed E-state index contributed by atoms with van der Waals surface area (Å²) in [5.41, 5.74) is 11.4. The number of hydrogen-bond acceptors (Lipinski definition) is 24. The molecule has 0 saturated carbocycles. The van der Waals surface area contributed by atoms with Crippen molar-refractivity contribution >= 4 is 95.6 Å². The highest BCUT2D eigenvalue weighted by Crippen LogP contribution is 2.41. The number of fused-ring (bicyclic) bond motifs is 3. The molecule has 0 bridgehead atoms. The van der Waals surface area contributed by atoms with E-state index in [1.54, 1.807) is 0 Å². The van der Waals surface area contributed by atoms with Crippen LogP contribution in [-0.4, -0.2) is 259 Å². The van der Waals surface area contributed by atoms with Gasteiger partial charge in [0, 0.05) is 44.2 Å². The van der Waals surface area contributed by atoms with Crippen LogP contribution in [0.15, 0.2) is 22.8 Å². The van der Waals surface area contributed by atoms with Crippen LogP contribution in [0.1, 0.15) is 96.5 Å². The topological polar surface area (TPSA) is 610 Å². The molecule has 0 aliphatic carbocycles. The van der Waals surface area contributed by atoms with Crippen molar-refractivity contribution in [3.05, 3.63) is 23.4 Å². The largest absolute Gasteiger partial charge is 0.504 e. The summed E-state index contributed by atoms with van der Waals surface area (Å²) in [5, 5.41) is 120. The lowest BCUT2D eigenvalue weighted by atomic mass is 9.96. The number of nitrogens with zero attached hydrogens (tertiary/aromatic N) is 4. The number of phenols is 2. The second kappa shape index (κ2) is 37.8. The molecule has 3 heterocycles. The van der Waals surface area contributed by atoms with Crippen molar-refractivity contribution in [2.45, 2.75) is 164 Å². The second-order valence-electron chi connectivity index (χ2n) is 22.3. The molecule has 12 atom stereocenters. The maximum Gasteiger partial charge on any atom is 0.303 e. The van der Waals surface area contributed by atoms with Crippen molar-refractivity contribution in [2.75, 3.05) is 50.8 Å². The van der Waals surface area contributed by atoms with Gasteiger partial charge in [-0.15, -0.1) is 0 Å². The number of hydroxylamine groups is 4. The molecule has 2 saturated heterocycles. The van der Waals surface area contributed by atoms with Gasteiger partial charge in [-0.25, -0.2) is 10.1 Å². The lowest BCUT2D eigenvalue weighted by molar-refractivity contribution is -0.150. The summed E-state index contributed by atoms with van der Waals surface area (Å²) in [6, 6.07) is -12.8. The molecule has 1 aromatic carbocycles. The van der Waals surface area contributed by atoms with Crippen molar-refractivity contribution in [1.29, 1.82) is 0 Å². The van der Waals surface area contributed by atoms with Crippen molar-refractivity contribution < 1.29 is 108 Å². The molecule has 3 aliphatic heterocycles. The predicted molar refractivity (Wildman–Crippen MR) is 323 cm³/mol. The third-order valence-electron chi connectivity index (χ3n) is 15.0. The Kier molecular flexibility index (Phi) is 31.0. The van der Waals surface area contributed by atoms with E-state index in [1.165, 1.54) is 17.9 Å². The zero-order chi connectivity index (χ0) is 69.9. The molecule has 0 aromatic heterocycles. The summed E-state index contributed by atoms with van der Waals surface area (Å²) in [6.45, 7) is -0.921. The van der Waals surface area contributed by atoms with Crippen molar-refractivity contribution in [1.82, 2.24) is 68.6 Å². The van der Waals surface area contributed by atoms with Crippen LogP contribution in [0, 0.1) is 0 Å². The molecule has 1 aromatic rings. The van der Waals surface area contributed by atoms with Gasteiger partial charge in [0.25, 0.3) is 0 Å². The molecule has 2 fully saturated rings. The van der Waals surface area contributed by atoms with E-state index in [9.17, 15) is 103 Å². The number of guanidine groups is 1. The first kappa shape index (κ1) is 76.9. The number of aliphatic hydroxyl groups is 4. The fraction of sp³-hybridized carbons (Fsp3) is 0.600. The average Bonchev–Trinajstić information content (AvgIpc) is 0.751. The fourth-order valence-corrected chi connectivity index (χ4v) is 10.0. The number of carboxylic acids is 1. The van der Waals surface area contributed by atoms with Crippen molar-refractivity contribution in [3.63, 3.8) is 0 Å².